The van der Waals surface area contributed by atoms with Crippen molar-refractivity contribution in [2.75, 3.05) is 0 Å². The molecule has 0 N–H and O–H groups in total. The van der Waals surface area contributed by atoms with E-state index in [1.165, 1.54) is 0 Å². The Morgan fingerprint density at radius 3 is 1.94 bits per heavy atom. The molecule has 0 aromatic heterocycles. The maximum Gasteiger partial charge on any atom is 0.573 e. The van der Waals surface area contributed by atoms with Crippen LogP contribution in [0, 0.1) is 5.82 Å². The molecule has 0 amide bonds. The minimum Gasteiger partial charge on any atom is -0.405 e. The van der Waals surface area contributed by atoms with E-state index in [1.54, 1.807) is 0 Å². The van der Waals surface area contributed by atoms with Crippen LogP contribution < -0.4 is 4.74 Å². The average Bonchev–Trinajstić information content (AvgIpc) is 2.04. The second-order valence-corrected chi connectivity index (χ2v) is 2.69. The van der Waals surface area contributed by atoms with Crippen molar-refractivity contribution in [3.8, 4) is 5.75 Å². The molecule has 0 bridgehead atoms. The molecule has 0 aliphatic heterocycles. The summed E-state index contributed by atoms with van der Waals surface area (Å²) in [4.78, 5) is 0. The van der Waals surface area contributed by atoms with Gasteiger partial charge in [-0.1, -0.05) is 0 Å². The minimum absolute atomic E-state index is 0.0684. The van der Waals surface area contributed by atoms with Gasteiger partial charge < -0.3 is 4.74 Å². The molecule has 0 aliphatic rings. The predicted octanol–water partition coefficient (Wildman–Crippen LogP) is 3.74. The van der Waals surface area contributed by atoms with Crippen molar-refractivity contribution in [2.24, 2.45) is 0 Å². The van der Waals surface area contributed by atoms with Crippen LogP contribution in [-0.2, 0) is 6.18 Å². The normalized spacial score (nSPS) is 12.7. The maximum absolute atomic E-state index is 12.5. The number of rotatable bonds is 1. The number of halogens is 7. The molecule has 0 heterocycles. The van der Waals surface area contributed by atoms with Gasteiger partial charge in [-0.15, -0.1) is 13.2 Å². The highest BCUT2D eigenvalue weighted by molar-refractivity contribution is 5.36. The Morgan fingerprint density at radius 1 is 0.938 bits per heavy atom. The summed E-state index contributed by atoms with van der Waals surface area (Å²) in [5.41, 5.74) is -1.81. The van der Waals surface area contributed by atoms with Crippen LogP contribution in [0.1, 0.15) is 5.56 Å². The first-order valence-electron chi connectivity index (χ1n) is 3.72. The van der Waals surface area contributed by atoms with Crippen LogP contribution in [0.5, 0.6) is 5.75 Å². The molecule has 90 valence electrons. The van der Waals surface area contributed by atoms with Gasteiger partial charge in [-0.2, -0.15) is 13.2 Å². The van der Waals surface area contributed by atoms with Crippen molar-refractivity contribution in [1.82, 2.24) is 0 Å². The molecule has 0 spiro atoms. The fraction of sp³-hybridized carbons (Fsp3) is 0.250. The summed E-state index contributed by atoms with van der Waals surface area (Å²) in [5.74, 6) is -2.79. The first-order chi connectivity index (χ1) is 7.09. The van der Waals surface area contributed by atoms with Gasteiger partial charge in [-0.3, -0.25) is 0 Å². The summed E-state index contributed by atoms with van der Waals surface area (Å²) in [6.45, 7) is 0. The number of alkyl halides is 6. The fourth-order valence-electron chi connectivity index (χ4n) is 0.937. The molecule has 16 heavy (non-hydrogen) atoms. The van der Waals surface area contributed by atoms with E-state index < -0.39 is 29.7 Å². The van der Waals surface area contributed by atoms with Gasteiger partial charge in [-0.05, 0) is 18.2 Å². The molecular weight excluding hydrogens is 245 g/mol. The van der Waals surface area contributed by atoms with Gasteiger partial charge in [0.1, 0.15) is 17.1 Å². The second kappa shape index (κ2) is 3.84. The molecule has 0 saturated heterocycles. The first kappa shape index (κ1) is 12.6. The monoisotopic (exact) mass is 248 g/mol. The van der Waals surface area contributed by atoms with E-state index in [0.717, 1.165) is 0 Å². The zero-order chi connectivity index (χ0) is 12.6. The number of hydrogen-bond donors (Lipinski definition) is 0. The lowest BCUT2D eigenvalue weighted by atomic mass is 10.2. The van der Waals surface area contributed by atoms with E-state index in [4.69, 9.17) is 0 Å². The smallest absolute Gasteiger partial charge is 0.405 e. The Balaban J connectivity index is 3.19. The van der Waals surface area contributed by atoms with Gasteiger partial charge in [0.05, 0.1) is 0 Å². The summed E-state index contributed by atoms with van der Waals surface area (Å²) >= 11 is 0. The molecule has 1 aromatic rings. The summed E-state index contributed by atoms with van der Waals surface area (Å²) in [7, 11) is 0. The van der Waals surface area contributed by atoms with E-state index in [2.05, 4.69) is 4.74 Å². The number of ether oxygens (including phenoxy) is 1. The second-order valence-electron chi connectivity index (χ2n) is 2.69. The largest absolute Gasteiger partial charge is 0.573 e. The molecule has 1 nitrogen and oxygen atoms in total. The van der Waals surface area contributed by atoms with Crippen LogP contribution in [0.3, 0.4) is 0 Å². The summed E-state index contributed by atoms with van der Waals surface area (Å²) < 4.78 is 87.4. The van der Waals surface area contributed by atoms with Crippen molar-refractivity contribution in [1.29, 1.82) is 0 Å². The Hall–Kier alpha value is -1.47. The van der Waals surface area contributed by atoms with E-state index in [-0.39, 0.29) is 12.1 Å². The van der Waals surface area contributed by atoms with E-state index in [9.17, 15) is 30.7 Å². The molecule has 0 saturated carbocycles. The van der Waals surface area contributed by atoms with Crippen molar-refractivity contribution in [3.05, 3.63) is 29.6 Å². The maximum atomic E-state index is 12.5. The highest BCUT2D eigenvalue weighted by Crippen LogP contribution is 2.38. The van der Waals surface area contributed by atoms with Crippen molar-refractivity contribution < 1.29 is 35.5 Å². The Bertz CT molecular complexity index is 379. The fourth-order valence-corrected chi connectivity index (χ4v) is 0.937. The molecule has 8 heteroatoms. The van der Waals surface area contributed by atoms with Crippen molar-refractivity contribution >= 4 is 0 Å². The van der Waals surface area contributed by atoms with E-state index in [1.807, 2.05) is 0 Å². The topological polar surface area (TPSA) is 9.23 Å². The zero-order valence-electron chi connectivity index (χ0n) is 7.29. The van der Waals surface area contributed by atoms with Crippen LogP contribution in [-0.4, -0.2) is 6.36 Å². The average molecular weight is 248 g/mol. The third kappa shape index (κ3) is 3.28. The molecule has 0 aliphatic carbocycles. The summed E-state index contributed by atoms with van der Waals surface area (Å²) in [6, 6.07) is 0.642. The SMILES string of the molecule is Fc1ccc(OC(F)(F)F)c(C(F)(F)F)c1. The van der Waals surface area contributed by atoms with Crippen molar-refractivity contribution in [3.63, 3.8) is 0 Å². The highest BCUT2D eigenvalue weighted by atomic mass is 19.4. The third-order valence-electron chi connectivity index (χ3n) is 1.47. The van der Waals surface area contributed by atoms with Gasteiger partial charge in [-0.25, -0.2) is 4.39 Å². The van der Waals surface area contributed by atoms with Crippen LogP contribution in [0.15, 0.2) is 18.2 Å². The van der Waals surface area contributed by atoms with Crippen molar-refractivity contribution in [2.45, 2.75) is 12.5 Å². The Labute approximate surface area is 84.4 Å². The predicted molar refractivity (Wildman–Crippen MR) is 38.1 cm³/mol. The Kier molecular flexibility index (Phi) is 3.02. The van der Waals surface area contributed by atoms with Crippen LogP contribution >= 0.6 is 0 Å². The minimum atomic E-state index is -5.27. The standard InChI is InChI=1S/C8H3F7O/c9-4-1-2-6(16-8(13,14)15)5(3-4)7(10,11)12/h1-3H. The lowest BCUT2D eigenvalue weighted by molar-refractivity contribution is -0.276. The van der Waals surface area contributed by atoms with E-state index in [0.29, 0.717) is 6.07 Å². The molecular formula is C8H3F7O. The molecule has 0 fully saturated rings. The summed E-state index contributed by atoms with van der Waals surface area (Å²) in [5, 5.41) is 0. The lowest BCUT2D eigenvalue weighted by Gasteiger charge is -2.14. The zero-order valence-corrected chi connectivity index (χ0v) is 7.29. The molecule has 0 unspecified atom stereocenters. The molecule has 0 radical (unpaired) electrons. The van der Waals surface area contributed by atoms with Gasteiger partial charge in [0.2, 0.25) is 0 Å². The first-order valence-corrected chi connectivity index (χ1v) is 3.72. The van der Waals surface area contributed by atoms with E-state index >= 15 is 0 Å². The lowest BCUT2D eigenvalue weighted by Crippen LogP contribution is -2.20. The van der Waals surface area contributed by atoms with Gasteiger partial charge >= 0.3 is 12.5 Å². The number of hydrogen-bond acceptors (Lipinski definition) is 1. The molecule has 1 rings (SSSR count). The van der Waals surface area contributed by atoms with Crippen LogP contribution in [0.25, 0.3) is 0 Å². The van der Waals surface area contributed by atoms with Crippen LogP contribution in [0.2, 0.25) is 0 Å². The van der Waals surface area contributed by atoms with Gasteiger partial charge in [0.15, 0.2) is 0 Å². The molecule has 1 aromatic carbocycles. The molecule has 0 atom stereocenters. The third-order valence-corrected chi connectivity index (χ3v) is 1.47. The van der Waals surface area contributed by atoms with Crippen LogP contribution in [0.4, 0.5) is 30.7 Å². The highest BCUT2D eigenvalue weighted by Gasteiger charge is 2.39. The number of benzene rings is 1. The summed E-state index contributed by atoms with van der Waals surface area (Å²) in [6.07, 6.45) is -10.4. The van der Waals surface area contributed by atoms with Gasteiger partial charge in [0.25, 0.3) is 0 Å². The van der Waals surface area contributed by atoms with Gasteiger partial charge in [0, 0.05) is 0 Å². The Morgan fingerprint density at radius 2 is 1.50 bits per heavy atom. The quantitative estimate of drug-likeness (QED) is 0.688.